The summed E-state index contributed by atoms with van der Waals surface area (Å²) < 4.78 is 6.26. The highest BCUT2D eigenvalue weighted by Crippen LogP contribution is 2.82. The topological polar surface area (TPSA) is 29.5 Å². The van der Waals surface area contributed by atoms with E-state index in [0.717, 1.165) is 36.5 Å². The fourth-order valence-electron chi connectivity index (χ4n) is 10.3. The highest BCUT2D eigenvalue weighted by Gasteiger charge is 2.77. The first-order valence-corrected chi connectivity index (χ1v) is 13.2. The Labute approximate surface area is 185 Å². The Bertz CT molecular complexity index is 686. The van der Waals surface area contributed by atoms with Crippen molar-refractivity contribution < 1.29 is 9.84 Å². The van der Waals surface area contributed by atoms with Crippen LogP contribution in [0.25, 0.3) is 0 Å². The maximum absolute atomic E-state index is 10.9. The Morgan fingerprint density at radius 3 is 2.60 bits per heavy atom. The van der Waals surface area contributed by atoms with Gasteiger partial charge in [0.2, 0.25) is 0 Å². The quantitative estimate of drug-likeness (QED) is 0.495. The lowest BCUT2D eigenvalue weighted by Gasteiger charge is -2.61. The number of hydrogen-bond acceptors (Lipinski definition) is 2. The van der Waals surface area contributed by atoms with Crippen LogP contribution < -0.4 is 0 Å². The molecule has 1 spiro atoms. The van der Waals surface area contributed by atoms with Crippen LogP contribution in [0.15, 0.2) is 12.2 Å². The van der Waals surface area contributed by atoms with Gasteiger partial charge in [-0.3, -0.25) is 0 Å². The number of allylic oxidation sites excluding steroid dienone is 1. The van der Waals surface area contributed by atoms with Crippen molar-refractivity contribution in [3.63, 3.8) is 0 Å². The van der Waals surface area contributed by atoms with Gasteiger partial charge in [-0.05, 0) is 104 Å². The molecule has 0 aromatic carbocycles. The second-order valence-electron chi connectivity index (χ2n) is 12.5. The van der Waals surface area contributed by atoms with E-state index in [-0.39, 0.29) is 6.10 Å². The predicted molar refractivity (Wildman–Crippen MR) is 123 cm³/mol. The van der Waals surface area contributed by atoms with Crippen LogP contribution in [0.3, 0.4) is 0 Å². The number of hydrogen-bond donors (Lipinski definition) is 1. The lowest BCUT2D eigenvalue weighted by atomic mass is 9.45. The summed E-state index contributed by atoms with van der Waals surface area (Å²) in [5.74, 6) is 4.58. The lowest BCUT2D eigenvalue weighted by Crippen LogP contribution is -2.57. The normalized spacial score (nSPS) is 53.7. The standard InChI is InChI=1S/C28H46O2/c1-6-7-8-9-24(29)18(2)21-10-11-22-20-16-25(30-5)28-17-19(28)12-15-27(28,4)23(20)13-14-26(21,22)3/h8-9,18-25,29H,6-7,10-17H2,1-5H3/b9-8+/t18-,19-,20-,21+,22-,23-,24+,25+,26+,27+,28-/m0/s1. The minimum absolute atomic E-state index is 0.282. The molecular weight excluding hydrogens is 368 g/mol. The van der Waals surface area contributed by atoms with E-state index in [4.69, 9.17) is 4.74 Å². The smallest absolute Gasteiger partial charge is 0.0749 e. The summed E-state index contributed by atoms with van der Waals surface area (Å²) in [6.07, 6.45) is 17.9. The molecule has 5 saturated carbocycles. The molecule has 0 radical (unpaired) electrons. The summed E-state index contributed by atoms with van der Waals surface area (Å²) in [5.41, 5.74) is 1.46. The Kier molecular flexibility index (Phi) is 5.26. The van der Waals surface area contributed by atoms with E-state index in [0.29, 0.717) is 34.2 Å². The van der Waals surface area contributed by atoms with Gasteiger partial charge in [0.1, 0.15) is 0 Å². The molecule has 5 aliphatic rings. The third-order valence-electron chi connectivity index (χ3n) is 11.9. The fraction of sp³-hybridized carbons (Fsp3) is 0.929. The van der Waals surface area contributed by atoms with Crippen molar-refractivity contribution in [2.45, 2.75) is 104 Å². The van der Waals surface area contributed by atoms with Crippen LogP contribution in [-0.4, -0.2) is 24.4 Å². The summed E-state index contributed by atoms with van der Waals surface area (Å²) in [6.45, 7) is 9.81. The lowest BCUT2D eigenvalue weighted by molar-refractivity contribution is -0.162. The van der Waals surface area contributed by atoms with E-state index >= 15 is 0 Å². The van der Waals surface area contributed by atoms with Gasteiger partial charge < -0.3 is 9.84 Å². The fourth-order valence-corrected chi connectivity index (χ4v) is 10.3. The molecule has 2 nitrogen and oxygen atoms in total. The molecular formula is C28H46O2. The van der Waals surface area contributed by atoms with Gasteiger partial charge in [0.25, 0.3) is 0 Å². The number of methoxy groups -OCH3 is 1. The molecule has 1 N–H and O–H groups in total. The van der Waals surface area contributed by atoms with Gasteiger partial charge in [-0.1, -0.05) is 46.3 Å². The van der Waals surface area contributed by atoms with Gasteiger partial charge in [0, 0.05) is 12.5 Å². The van der Waals surface area contributed by atoms with Crippen LogP contribution in [-0.2, 0) is 4.74 Å². The first kappa shape index (κ1) is 21.5. The number of fused-ring (bicyclic) bond motifs is 4. The largest absolute Gasteiger partial charge is 0.389 e. The minimum Gasteiger partial charge on any atom is -0.389 e. The van der Waals surface area contributed by atoms with Gasteiger partial charge in [-0.2, -0.15) is 0 Å². The molecule has 30 heavy (non-hydrogen) atoms. The van der Waals surface area contributed by atoms with Crippen molar-refractivity contribution in [3.05, 3.63) is 12.2 Å². The van der Waals surface area contributed by atoms with Gasteiger partial charge in [0.15, 0.2) is 0 Å². The van der Waals surface area contributed by atoms with Gasteiger partial charge in [0.05, 0.1) is 12.2 Å². The van der Waals surface area contributed by atoms with Gasteiger partial charge >= 0.3 is 0 Å². The van der Waals surface area contributed by atoms with Crippen LogP contribution in [0.4, 0.5) is 0 Å². The zero-order valence-electron chi connectivity index (χ0n) is 20.2. The average molecular weight is 415 g/mol. The second kappa shape index (κ2) is 7.34. The monoisotopic (exact) mass is 414 g/mol. The number of ether oxygens (including phenoxy) is 1. The van der Waals surface area contributed by atoms with E-state index in [1.807, 2.05) is 7.11 Å². The average Bonchev–Trinajstić information content (AvgIpc) is 3.24. The molecule has 170 valence electrons. The molecule has 0 unspecified atom stereocenters. The highest BCUT2D eigenvalue weighted by molar-refractivity contribution is 5.26. The van der Waals surface area contributed by atoms with Crippen LogP contribution in [0.5, 0.6) is 0 Å². The Morgan fingerprint density at radius 1 is 1.10 bits per heavy atom. The molecule has 0 amide bonds. The maximum atomic E-state index is 10.9. The van der Waals surface area contributed by atoms with E-state index in [1.54, 1.807) is 0 Å². The molecule has 0 aliphatic heterocycles. The molecule has 2 heteroatoms. The zero-order chi connectivity index (χ0) is 21.3. The van der Waals surface area contributed by atoms with Gasteiger partial charge in [-0.25, -0.2) is 0 Å². The molecule has 5 aliphatic carbocycles. The minimum atomic E-state index is -0.282. The van der Waals surface area contributed by atoms with Crippen LogP contribution in [0.2, 0.25) is 0 Å². The Balaban J connectivity index is 1.38. The van der Waals surface area contributed by atoms with Crippen molar-refractivity contribution in [3.8, 4) is 0 Å². The molecule has 0 saturated heterocycles. The Hall–Kier alpha value is -0.340. The highest BCUT2D eigenvalue weighted by atomic mass is 16.5. The predicted octanol–water partition coefficient (Wildman–Crippen LogP) is 6.62. The van der Waals surface area contributed by atoms with Crippen molar-refractivity contribution in [1.29, 1.82) is 0 Å². The SMILES string of the molecule is CCC/C=C/[C@@H](O)[C@@H](C)[C@H]1CC[C@H]2[C@@H]3C[C@@H](OC)[C@]45C[C@@H]4CC[C@]5(C)[C@H]3CC[C@]12C. The van der Waals surface area contributed by atoms with Crippen LogP contribution in [0.1, 0.15) is 91.9 Å². The third-order valence-corrected chi connectivity index (χ3v) is 11.9. The van der Waals surface area contributed by atoms with Gasteiger partial charge in [-0.15, -0.1) is 0 Å². The van der Waals surface area contributed by atoms with E-state index in [2.05, 4.69) is 39.8 Å². The Morgan fingerprint density at radius 2 is 1.90 bits per heavy atom. The van der Waals surface area contributed by atoms with Crippen molar-refractivity contribution in [2.24, 2.45) is 51.8 Å². The van der Waals surface area contributed by atoms with E-state index in [9.17, 15) is 5.11 Å². The second-order valence-corrected chi connectivity index (χ2v) is 12.5. The van der Waals surface area contributed by atoms with E-state index < -0.39 is 0 Å². The number of rotatable bonds is 6. The molecule has 11 atom stereocenters. The summed E-state index contributed by atoms with van der Waals surface area (Å²) >= 11 is 0. The van der Waals surface area contributed by atoms with Crippen LogP contribution in [0, 0.1) is 51.8 Å². The van der Waals surface area contributed by atoms with Crippen molar-refractivity contribution in [1.82, 2.24) is 0 Å². The number of aliphatic hydroxyl groups is 1. The van der Waals surface area contributed by atoms with Crippen LogP contribution >= 0.6 is 0 Å². The summed E-state index contributed by atoms with van der Waals surface area (Å²) in [4.78, 5) is 0. The molecule has 5 fully saturated rings. The molecule has 0 aromatic rings. The van der Waals surface area contributed by atoms with E-state index in [1.165, 1.54) is 51.4 Å². The van der Waals surface area contributed by atoms with Crippen molar-refractivity contribution >= 4 is 0 Å². The zero-order valence-corrected chi connectivity index (χ0v) is 20.2. The summed E-state index contributed by atoms with van der Waals surface area (Å²) in [5, 5.41) is 10.9. The molecule has 0 heterocycles. The third kappa shape index (κ3) is 2.68. The molecule has 0 aromatic heterocycles. The number of aliphatic hydroxyl groups excluding tert-OH is 1. The molecule has 5 rings (SSSR count). The first-order valence-electron chi connectivity index (χ1n) is 13.2. The summed E-state index contributed by atoms with van der Waals surface area (Å²) in [6, 6.07) is 0. The first-order chi connectivity index (χ1) is 14.3. The van der Waals surface area contributed by atoms with Crippen molar-refractivity contribution in [2.75, 3.05) is 7.11 Å². The molecule has 0 bridgehead atoms. The maximum Gasteiger partial charge on any atom is 0.0749 e. The summed E-state index contributed by atoms with van der Waals surface area (Å²) in [7, 11) is 1.99. The number of unbranched alkanes of at least 4 members (excludes halogenated alkanes) is 1.